The lowest BCUT2D eigenvalue weighted by Crippen LogP contribution is -2.38. The third-order valence-electron chi connectivity index (χ3n) is 5.11. The maximum atomic E-state index is 14.1. The zero-order valence-electron chi connectivity index (χ0n) is 15.9. The van der Waals surface area contributed by atoms with Crippen LogP contribution in [0.3, 0.4) is 0 Å². The highest BCUT2D eigenvalue weighted by Gasteiger charge is 2.45. The number of fused-ring (bicyclic) bond motifs is 2. The summed E-state index contributed by atoms with van der Waals surface area (Å²) >= 11 is 0. The number of benzene rings is 1. The first kappa shape index (κ1) is 20.9. The fraction of sp³-hybridized carbons (Fsp3) is 0.250. The molecule has 0 bridgehead atoms. The Labute approximate surface area is 175 Å². The van der Waals surface area contributed by atoms with Crippen LogP contribution in [0, 0.1) is 24.6 Å². The van der Waals surface area contributed by atoms with E-state index in [4.69, 9.17) is 4.74 Å². The highest BCUT2D eigenvalue weighted by atomic mass is 19.4. The molecule has 2 aromatic rings. The number of ether oxygens (including phenoxy) is 1. The van der Waals surface area contributed by atoms with Gasteiger partial charge in [-0.05, 0) is 24.8 Å². The molecule has 1 amide bonds. The largest absolute Gasteiger partial charge is 0.490 e. The zero-order chi connectivity index (χ0) is 22.5. The molecule has 1 aromatic heterocycles. The van der Waals surface area contributed by atoms with E-state index in [-0.39, 0.29) is 43.2 Å². The van der Waals surface area contributed by atoms with E-state index in [1.165, 1.54) is 13.0 Å². The fourth-order valence-corrected chi connectivity index (χ4v) is 3.74. The smallest absolute Gasteiger partial charge is 0.418 e. The van der Waals surface area contributed by atoms with Crippen LogP contribution >= 0.6 is 0 Å². The summed E-state index contributed by atoms with van der Waals surface area (Å²) in [4.78, 5) is 27.3. The molecule has 2 aliphatic rings. The Morgan fingerprint density at radius 1 is 1.32 bits per heavy atom. The number of nitrogens with one attached hydrogen (secondary N) is 3. The number of amides is 1. The number of carbonyl (C=O) groups excluding carboxylic acids is 1. The summed E-state index contributed by atoms with van der Waals surface area (Å²) in [6.07, 6.45) is -2.91. The average Bonchev–Trinajstić information content (AvgIpc) is 3.06. The molecule has 0 fully saturated rings. The topological polar surface area (TPSA) is 83.2 Å². The number of rotatable bonds is 3. The molecule has 3 N–H and O–H groups in total. The molecule has 0 saturated heterocycles. The molecule has 1 aromatic carbocycles. The summed E-state index contributed by atoms with van der Waals surface area (Å²) in [6.45, 7) is 1.17. The van der Waals surface area contributed by atoms with Crippen molar-refractivity contribution in [2.45, 2.75) is 25.6 Å². The number of alkyl halides is 3. The van der Waals surface area contributed by atoms with Gasteiger partial charge >= 0.3 is 6.18 Å². The number of H-pyrrole nitrogens is 1. The first-order valence-corrected chi connectivity index (χ1v) is 9.10. The van der Waals surface area contributed by atoms with E-state index >= 15 is 0 Å². The third kappa shape index (κ3) is 3.75. The van der Waals surface area contributed by atoms with E-state index in [0.717, 1.165) is 12.3 Å². The van der Waals surface area contributed by atoms with Crippen molar-refractivity contribution in [1.29, 1.82) is 0 Å². The van der Waals surface area contributed by atoms with E-state index in [1.54, 1.807) is 0 Å². The number of pyridine rings is 1. The molecule has 31 heavy (non-hydrogen) atoms. The van der Waals surface area contributed by atoms with Crippen molar-refractivity contribution in [2.75, 3.05) is 6.61 Å². The standard InChI is InChI=1S/C20H15F5N3O3.2H2/c1-8-10(19(30)28-12-2-3-26-18(16(8)12)20(23,24)25)6-15(29)27-13-7-31-14-5-9(21)4-11(22)17(13)14;;/h2-5,13,26H,6-7H2,1H3,(H,27,29)(H,28,30);2*1H/t13-;;/m0../s1. The molecule has 2 aliphatic heterocycles. The minimum Gasteiger partial charge on any atom is -0.490 e. The zero-order valence-corrected chi connectivity index (χ0v) is 15.9. The second-order valence-corrected chi connectivity index (χ2v) is 7.10. The first-order valence-electron chi connectivity index (χ1n) is 9.10. The quantitative estimate of drug-likeness (QED) is 0.635. The van der Waals surface area contributed by atoms with Crippen molar-refractivity contribution in [1.82, 2.24) is 15.6 Å². The molecule has 3 heterocycles. The summed E-state index contributed by atoms with van der Waals surface area (Å²) in [6, 6.07) is -0.345. The Balaban J connectivity index is 0.00000193. The van der Waals surface area contributed by atoms with Gasteiger partial charge in [-0.1, -0.05) is 0 Å². The average molecular weight is 444 g/mol. The van der Waals surface area contributed by atoms with Gasteiger partial charge < -0.3 is 20.4 Å². The van der Waals surface area contributed by atoms with Crippen molar-refractivity contribution < 1.29 is 34.3 Å². The van der Waals surface area contributed by atoms with Gasteiger partial charge in [0, 0.05) is 31.8 Å². The second kappa shape index (κ2) is 7.40. The molecule has 0 aliphatic carbocycles. The van der Waals surface area contributed by atoms with Crippen LogP contribution in [-0.2, 0) is 11.2 Å². The van der Waals surface area contributed by atoms with Crippen LogP contribution < -0.4 is 20.9 Å². The van der Waals surface area contributed by atoms with E-state index in [9.17, 15) is 31.5 Å². The normalized spacial score (nSPS) is 17.5. The highest BCUT2D eigenvalue weighted by molar-refractivity contribution is 5.80. The second-order valence-electron chi connectivity index (χ2n) is 7.10. The van der Waals surface area contributed by atoms with Crippen molar-refractivity contribution >= 4 is 12.0 Å². The van der Waals surface area contributed by atoms with E-state index in [0.29, 0.717) is 6.07 Å². The first-order chi connectivity index (χ1) is 14.6. The predicted octanol–water partition coefficient (Wildman–Crippen LogP) is 3.26. The number of aromatic amines is 1. The Kier molecular flexibility index (Phi) is 4.98. The van der Waals surface area contributed by atoms with Crippen LogP contribution in [0.25, 0.3) is 6.08 Å². The number of aromatic nitrogens is 1. The summed E-state index contributed by atoms with van der Waals surface area (Å²) in [5.41, 5.74) is -1.19. The highest BCUT2D eigenvalue weighted by Crippen LogP contribution is 2.38. The lowest BCUT2D eigenvalue weighted by Gasteiger charge is -2.27. The summed E-state index contributed by atoms with van der Waals surface area (Å²) < 4.78 is 72.8. The van der Waals surface area contributed by atoms with E-state index < -0.39 is 47.8 Å². The SMILES string of the molecule is Cc1c2c([nH]c(=O)c1CC(=O)N[C@H]1COc3cc(F)cc(F)c31)C=CN[C]2C(F)(F)F.[HH].[HH]. The van der Waals surface area contributed by atoms with Crippen LogP contribution in [0.2, 0.25) is 0 Å². The number of halogens is 5. The number of hydrogen-bond acceptors (Lipinski definition) is 4. The molecule has 6 nitrogen and oxygen atoms in total. The van der Waals surface area contributed by atoms with Gasteiger partial charge in [-0.3, -0.25) is 9.59 Å². The van der Waals surface area contributed by atoms with Crippen LogP contribution in [0.15, 0.2) is 23.1 Å². The van der Waals surface area contributed by atoms with Gasteiger partial charge in [0.05, 0.1) is 18.0 Å². The maximum absolute atomic E-state index is 14.1. The molecule has 4 rings (SSSR count). The van der Waals surface area contributed by atoms with Crippen LogP contribution in [0.4, 0.5) is 22.0 Å². The van der Waals surface area contributed by atoms with Crippen LogP contribution in [0.5, 0.6) is 5.75 Å². The van der Waals surface area contributed by atoms with Gasteiger partial charge in [-0.25, -0.2) is 8.78 Å². The Bertz CT molecular complexity index is 1170. The van der Waals surface area contributed by atoms with Crippen LogP contribution in [0.1, 0.15) is 36.8 Å². The summed E-state index contributed by atoms with van der Waals surface area (Å²) in [5.74, 6) is -2.51. The maximum Gasteiger partial charge on any atom is 0.418 e. The monoisotopic (exact) mass is 444 g/mol. The fourth-order valence-electron chi connectivity index (χ4n) is 3.74. The van der Waals surface area contributed by atoms with Gasteiger partial charge in [0.2, 0.25) is 5.91 Å². The molecule has 0 saturated carbocycles. The molecule has 0 spiro atoms. The van der Waals surface area contributed by atoms with Gasteiger partial charge in [-0.15, -0.1) is 0 Å². The van der Waals surface area contributed by atoms with E-state index in [2.05, 4.69) is 15.6 Å². The van der Waals surface area contributed by atoms with Gasteiger partial charge in [0.15, 0.2) is 6.04 Å². The summed E-state index contributed by atoms with van der Waals surface area (Å²) in [5, 5.41) is 4.62. The number of hydrogen-bond donors (Lipinski definition) is 3. The van der Waals surface area contributed by atoms with Crippen LogP contribution in [-0.4, -0.2) is 23.7 Å². The molecule has 167 valence electrons. The Hall–Kier alpha value is -3.37. The molecular weight excluding hydrogens is 425 g/mol. The lowest BCUT2D eigenvalue weighted by molar-refractivity contribution is -0.121. The lowest BCUT2D eigenvalue weighted by atomic mass is 9.92. The minimum atomic E-state index is -4.71. The molecule has 0 unspecified atom stereocenters. The molecule has 11 heteroatoms. The van der Waals surface area contributed by atoms with Crippen molar-refractivity contribution in [3.8, 4) is 5.75 Å². The number of carbonyl (C=O) groups is 1. The Morgan fingerprint density at radius 3 is 2.77 bits per heavy atom. The third-order valence-corrected chi connectivity index (χ3v) is 5.11. The molecular formula is C20H19F5N3O3. The van der Waals surface area contributed by atoms with Crippen molar-refractivity contribution in [2.24, 2.45) is 0 Å². The predicted molar refractivity (Wildman–Crippen MR) is 103 cm³/mol. The van der Waals surface area contributed by atoms with Crippen molar-refractivity contribution in [3.05, 3.63) is 74.3 Å². The molecule has 1 atom stereocenters. The molecule has 1 radical (unpaired) electrons. The van der Waals surface area contributed by atoms with E-state index in [1.807, 2.05) is 0 Å². The Morgan fingerprint density at radius 2 is 2.06 bits per heavy atom. The van der Waals surface area contributed by atoms with Gasteiger partial charge in [-0.2, -0.15) is 13.2 Å². The minimum absolute atomic E-state index is 0. The summed E-state index contributed by atoms with van der Waals surface area (Å²) in [7, 11) is 0. The van der Waals surface area contributed by atoms with Gasteiger partial charge in [0.1, 0.15) is 24.0 Å². The van der Waals surface area contributed by atoms with Crippen molar-refractivity contribution in [3.63, 3.8) is 0 Å². The van der Waals surface area contributed by atoms with Gasteiger partial charge in [0.25, 0.3) is 5.56 Å².